The highest BCUT2D eigenvalue weighted by Gasteiger charge is 2.12. The third kappa shape index (κ3) is 8.93. The first-order valence-electron chi connectivity index (χ1n) is 10.2. The van der Waals surface area contributed by atoms with Crippen molar-refractivity contribution in [3.05, 3.63) is 29.8 Å². The molecule has 1 aliphatic carbocycles. The predicted octanol–water partition coefficient (Wildman–Crippen LogP) is 2.85. The Balaban J connectivity index is 1.86. The van der Waals surface area contributed by atoms with Gasteiger partial charge in [0.2, 0.25) is 10.0 Å². The van der Waals surface area contributed by atoms with Gasteiger partial charge in [0, 0.05) is 13.1 Å². The van der Waals surface area contributed by atoms with E-state index in [4.69, 9.17) is 4.74 Å². The minimum Gasteiger partial charge on any atom is -0.376 e. The molecule has 1 aromatic carbocycles. The molecule has 8 heteroatoms. The second-order valence-corrected chi connectivity index (χ2v) is 8.89. The Morgan fingerprint density at radius 1 is 1.14 bits per heavy atom. The van der Waals surface area contributed by atoms with Crippen molar-refractivity contribution in [3.8, 4) is 0 Å². The molecule has 1 aromatic rings. The number of anilines is 1. The normalized spacial score (nSPS) is 16.4. The minimum absolute atomic E-state index is 0.373. The summed E-state index contributed by atoms with van der Waals surface area (Å²) in [6.07, 6.45) is 9.05. The summed E-state index contributed by atoms with van der Waals surface area (Å²) in [5, 5.41) is 6.50. The number of nitrogens with zero attached hydrogens (tertiary/aromatic N) is 1. The maximum absolute atomic E-state index is 11.5. The number of guanidine groups is 1. The highest BCUT2D eigenvalue weighted by atomic mass is 32.2. The lowest BCUT2D eigenvalue weighted by atomic mass is 10.1. The van der Waals surface area contributed by atoms with Crippen molar-refractivity contribution >= 4 is 21.7 Å². The molecule has 28 heavy (non-hydrogen) atoms. The maximum atomic E-state index is 11.5. The number of ether oxygens (including phenoxy) is 1. The molecule has 0 aromatic heterocycles. The highest BCUT2D eigenvalue weighted by Crippen LogP contribution is 2.19. The van der Waals surface area contributed by atoms with E-state index in [0.717, 1.165) is 31.2 Å². The quantitative estimate of drug-likeness (QED) is 0.252. The van der Waals surface area contributed by atoms with Gasteiger partial charge in [-0.05, 0) is 31.4 Å². The van der Waals surface area contributed by atoms with Crippen molar-refractivity contribution < 1.29 is 13.2 Å². The molecule has 0 radical (unpaired) electrons. The Morgan fingerprint density at radius 2 is 1.86 bits per heavy atom. The van der Waals surface area contributed by atoms with E-state index in [-0.39, 0.29) is 0 Å². The number of rotatable bonds is 9. The summed E-state index contributed by atoms with van der Waals surface area (Å²) < 4.78 is 31.6. The molecule has 3 N–H and O–H groups in total. The average molecular weight is 411 g/mol. The maximum Gasteiger partial charge on any atom is 0.229 e. The lowest BCUT2D eigenvalue weighted by molar-refractivity contribution is 0.0468. The van der Waals surface area contributed by atoms with Crippen molar-refractivity contribution in [1.82, 2.24) is 10.6 Å². The first-order valence-corrected chi connectivity index (χ1v) is 12.1. The summed E-state index contributed by atoms with van der Waals surface area (Å²) in [7, 11) is -3.33. The van der Waals surface area contributed by atoms with E-state index in [1.165, 1.54) is 25.7 Å². The van der Waals surface area contributed by atoms with Crippen LogP contribution in [0.1, 0.15) is 51.0 Å². The summed E-state index contributed by atoms with van der Waals surface area (Å²) in [5.74, 6) is 0.695. The zero-order valence-corrected chi connectivity index (χ0v) is 17.9. The van der Waals surface area contributed by atoms with Gasteiger partial charge in [-0.3, -0.25) is 4.72 Å². The molecule has 0 spiro atoms. The van der Waals surface area contributed by atoms with Crippen molar-refractivity contribution in [1.29, 1.82) is 0 Å². The molecular formula is C20H34N4O3S. The fourth-order valence-electron chi connectivity index (χ4n) is 3.27. The zero-order chi connectivity index (χ0) is 20.2. The topological polar surface area (TPSA) is 91.8 Å². The molecule has 0 unspecified atom stereocenters. The van der Waals surface area contributed by atoms with Gasteiger partial charge in [-0.1, -0.05) is 43.9 Å². The van der Waals surface area contributed by atoms with E-state index >= 15 is 0 Å². The number of hydrogen-bond acceptors (Lipinski definition) is 4. The number of hydrogen-bond donors (Lipinski definition) is 3. The van der Waals surface area contributed by atoms with Crippen molar-refractivity contribution in [3.63, 3.8) is 0 Å². The Morgan fingerprint density at radius 3 is 2.54 bits per heavy atom. The lowest BCUT2D eigenvalue weighted by Gasteiger charge is -2.17. The van der Waals surface area contributed by atoms with Crippen LogP contribution < -0.4 is 15.4 Å². The molecule has 0 bridgehead atoms. The molecule has 1 aliphatic rings. The summed E-state index contributed by atoms with van der Waals surface area (Å²) in [5.41, 5.74) is 1.38. The van der Waals surface area contributed by atoms with Crippen molar-refractivity contribution in [2.24, 2.45) is 4.99 Å². The van der Waals surface area contributed by atoms with Crippen LogP contribution in [0.3, 0.4) is 0 Å². The molecule has 0 amide bonds. The van der Waals surface area contributed by atoms with Crippen LogP contribution in [-0.4, -0.2) is 46.4 Å². The highest BCUT2D eigenvalue weighted by molar-refractivity contribution is 7.92. The summed E-state index contributed by atoms with van der Waals surface area (Å²) in [6.45, 7) is 4.47. The number of para-hydroxylation sites is 1. The molecule has 0 aliphatic heterocycles. The van der Waals surface area contributed by atoms with Gasteiger partial charge in [-0.15, -0.1) is 0 Å². The number of aliphatic imine (C=N–C) groups is 1. The monoisotopic (exact) mass is 410 g/mol. The summed E-state index contributed by atoms with van der Waals surface area (Å²) in [6, 6.07) is 7.29. The van der Waals surface area contributed by atoms with E-state index in [1.807, 2.05) is 19.1 Å². The molecule has 158 valence electrons. The van der Waals surface area contributed by atoms with E-state index in [1.54, 1.807) is 12.1 Å². The molecule has 1 saturated carbocycles. The smallest absolute Gasteiger partial charge is 0.229 e. The molecule has 0 heterocycles. The van der Waals surface area contributed by atoms with Crippen LogP contribution in [-0.2, 0) is 21.3 Å². The first kappa shape index (κ1) is 22.5. The van der Waals surface area contributed by atoms with Crippen LogP contribution >= 0.6 is 0 Å². The molecule has 7 nitrogen and oxygen atoms in total. The number of sulfonamides is 1. The number of nitrogens with one attached hydrogen (secondary N) is 3. The Bertz CT molecular complexity index is 714. The van der Waals surface area contributed by atoms with Crippen LogP contribution in [0.5, 0.6) is 0 Å². The average Bonchev–Trinajstić information content (AvgIpc) is 2.92. The van der Waals surface area contributed by atoms with Gasteiger partial charge < -0.3 is 15.4 Å². The molecule has 2 rings (SSSR count). The van der Waals surface area contributed by atoms with Crippen LogP contribution in [0, 0.1) is 0 Å². The van der Waals surface area contributed by atoms with Crippen LogP contribution in [0.25, 0.3) is 0 Å². The Kier molecular flexibility index (Phi) is 9.57. The van der Waals surface area contributed by atoms with E-state index in [2.05, 4.69) is 20.3 Å². The largest absolute Gasteiger partial charge is 0.376 e. The van der Waals surface area contributed by atoms with Crippen molar-refractivity contribution in [2.45, 2.75) is 58.1 Å². The van der Waals surface area contributed by atoms with Gasteiger partial charge in [0.1, 0.15) is 0 Å². The zero-order valence-electron chi connectivity index (χ0n) is 17.0. The third-order valence-corrected chi connectivity index (χ3v) is 5.21. The third-order valence-electron chi connectivity index (χ3n) is 4.61. The van der Waals surface area contributed by atoms with Crippen LogP contribution in [0.15, 0.2) is 29.3 Å². The van der Waals surface area contributed by atoms with Crippen LogP contribution in [0.2, 0.25) is 0 Å². The second-order valence-electron chi connectivity index (χ2n) is 7.14. The van der Waals surface area contributed by atoms with Gasteiger partial charge in [0.05, 0.1) is 31.2 Å². The lowest BCUT2D eigenvalue weighted by Crippen LogP contribution is -2.39. The SMILES string of the molecule is CCNC(=NCc1ccccc1NS(C)(=O)=O)NCCOC1CCCCCC1. The summed E-state index contributed by atoms with van der Waals surface area (Å²) >= 11 is 0. The molecule has 1 fully saturated rings. The van der Waals surface area contributed by atoms with Gasteiger partial charge in [0.15, 0.2) is 5.96 Å². The molecule has 0 atom stereocenters. The standard InChI is InChI=1S/C20H34N4O3S/c1-3-21-20(22-14-15-27-18-11-6-4-5-7-12-18)23-16-17-10-8-9-13-19(17)24-28(2,25)26/h8-10,13,18,24H,3-7,11-12,14-16H2,1-2H3,(H2,21,22,23). The second kappa shape index (κ2) is 11.9. The Labute approximate surface area is 169 Å². The fraction of sp³-hybridized carbons (Fsp3) is 0.650. The van der Waals surface area contributed by atoms with E-state index in [9.17, 15) is 8.42 Å². The van der Waals surface area contributed by atoms with Crippen LogP contribution in [0.4, 0.5) is 5.69 Å². The minimum atomic E-state index is -3.33. The van der Waals surface area contributed by atoms with Gasteiger partial charge in [-0.2, -0.15) is 0 Å². The molecule has 0 saturated heterocycles. The van der Waals surface area contributed by atoms with Gasteiger partial charge in [-0.25, -0.2) is 13.4 Å². The van der Waals surface area contributed by atoms with Gasteiger partial charge in [0.25, 0.3) is 0 Å². The summed E-state index contributed by atoms with van der Waals surface area (Å²) in [4.78, 5) is 4.58. The predicted molar refractivity (Wildman–Crippen MR) is 115 cm³/mol. The van der Waals surface area contributed by atoms with E-state index < -0.39 is 10.0 Å². The van der Waals surface area contributed by atoms with Gasteiger partial charge >= 0.3 is 0 Å². The first-order chi connectivity index (χ1) is 13.5. The Hall–Kier alpha value is -1.80. The number of benzene rings is 1. The van der Waals surface area contributed by atoms with Crippen molar-refractivity contribution in [2.75, 3.05) is 30.7 Å². The van der Waals surface area contributed by atoms with E-state index in [0.29, 0.717) is 37.4 Å². The fourth-order valence-corrected chi connectivity index (χ4v) is 3.87. The molecular weight excluding hydrogens is 376 g/mol.